The van der Waals surface area contributed by atoms with Crippen LogP contribution in [0.4, 0.5) is 4.39 Å². The highest BCUT2D eigenvalue weighted by atomic mass is 79.9. The third kappa shape index (κ3) is 1.97. The second-order valence-corrected chi connectivity index (χ2v) is 4.91. The molecule has 0 aromatic heterocycles. The lowest BCUT2D eigenvalue weighted by Crippen LogP contribution is -2.41. The first-order valence-electron chi connectivity index (χ1n) is 4.95. The molecule has 2 rings (SSSR count). The molecule has 0 radical (unpaired) electrons. The quantitative estimate of drug-likeness (QED) is 0.833. The zero-order valence-electron chi connectivity index (χ0n) is 8.63. The van der Waals surface area contributed by atoms with Crippen LogP contribution in [0.1, 0.15) is 24.1 Å². The number of carbonyl (C=O) groups is 1. The van der Waals surface area contributed by atoms with Crippen molar-refractivity contribution in [2.45, 2.75) is 25.4 Å². The Bertz CT molecular complexity index is 450. The first-order valence-corrected chi connectivity index (χ1v) is 5.75. The molecule has 2 atom stereocenters. The van der Waals surface area contributed by atoms with E-state index >= 15 is 0 Å². The summed E-state index contributed by atoms with van der Waals surface area (Å²) in [5.74, 6) is -1.32. The predicted molar refractivity (Wildman–Crippen MR) is 60.8 cm³/mol. The van der Waals surface area contributed by atoms with Crippen LogP contribution in [0.5, 0.6) is 0 Å². The van der Waals surface area contributed by atoms with Crippen LogP contribution in [0.25, 0.3) is 0 Å². The van der Waals surface area contributed by atoms with Crippen LogP contribution in [0, 0.1) is 5.82 Å². The van der Waals surface area contributed by atoms with Gasteiger partial charge in [-0.25, -0.2) is 4.39 Å². The minimum Gasteiger partial charge on any atom is -0.480 e. The number of halogens is 2. The molecular formula is C11H11BrFNO2. The number of aliphatic carboxylic acids is 1. The third-order valence-electron chi connectivity index (χ3n) is 2.71. The topological polar surface area (TPSA) is 49.3 Å². The molecule has 0 spiro atoms. The number of benzene rings is 1. The van der Waals surface area contributed by atoms with Crippen molar-refractivity contribution in [3.05, 3.63) is 33.5 Å². The fourth-order valence-electron chi connectivity index (χ4n) is 2.04. The van der Waals surface area contributed by atoms with E-state index in [-0.39, 0.29) is 11.9 Å². The Morgan fingerprint density at radius 3 is 2.94 bits per heavy atom. The molecule has 2 N–H and O–H groups in total. The smallest absolute Gasteiger partial charge is 0.325 e. The lowest BCUT2D eigenvalue weighted by molar-refractivity contribution is -0.140. The van der Waals surface area contributed by atoms with Gasteiger partial charge in [-0.15, -0.1) is 0 Å². The van der Waals surface area contributed by atoms with Gasteiger partial charge in [0.15, 0.2) is 0 Å². The van der Waals surface area contributed by atoms with Crippen molar-refractivity contribution in [2.75, 3.05) is 0 Å². The second kappa shape index (κ2) is 4.14. The van der Waals surface area contributed by atoms with Crippen molar-refractivity contribution in [1.29, 1.82) is 0 Å². The van der Waals surface area contributed by atoms with Gasteiger partial charge < -0.3 is 5.11 Å². The minimum absolute atomic E-state index is 0.0377. The SMILES string of the molecule is CC1Cc2c(F)cc(Br)cc2C(C(=O)O)N1. The van der Waals surface area contributed by atoms with E-state index in [0.717, 1.165) is 0 Å². The van der Waals surface area contributed by atoms with Gasteiger partial charge >= 0.3 is 5.97 Å². The summed E-state index contributed by atoms with van der Waals surface area (Å²) in [6.45, 7) is 1.85. The fourth-order valence-corrected chi connectivity index (χ4v) is 2.49. The average molecular weight is 288 g/mol. The van der Waals surface area contributed by atoms with Crippen LogP contribution in [0.3, 0.4) is 0 Å². The zero-order chi connectivity index (χ0) is 11.9. The molecule has 0 aliphatic carbocycles. The summed E-state index contributed by atoms with van der Waals surface area (Å²) in [4.78, 5) is 11.1. The first-order chi connectivity index (χ1) is 7.49. The normalized spacial score (nSPS) is 23.9. The van der Waals surface area contributed by atoms with E-state index < -0.39 is 12.0 Å². The van der Waals surface area contributed by atoms with Gasteiger partial charge in [0.1, 0.15) is 11.9 Å². The molecule has 0 bridgehead atoms. The van der Waals surface area contributed by atoms with Crippen molar-refractivity contribution in [3.63, 3.8) is 0 Å². The van der Waals surface area contributed by atoms with Crippen molar-refractivity contribution >= 4 is 21.9 Å². The minimum atomic E-state index is -0.981. The molecule has 0 fully saturated rings. The van der Waals surface area contributed by atoms with E-state index in [2.05, 4.69) is 21.2 Å². The Kier molecular flexibility index (Phi) is 2.99. The standard InChI is InChI=1S/C11H11BrFNO2/c1-5-2-7-8(10(14-5)11(15)16)3-6(12)4-9(7)13/h3-5,10,14H,2H2,1H3,(H,15,16). The van der Waals surface area contributed by atoms with Gasteiger partial charge in [-0.3, -0.25) is 10.1 Å². The van der Waals surface area contributed by atoms with E-state index in [0.29, 0.717) is 22.0 Å². The largest absolute Gasteiger partial charge is 0.480 e. The van der Waals surface area contributed by atoms with Crippen LogP contribution in [-0.4, -0.2) is 17.1 Å². The summed E-state index contributed by atoms with van der Waals surface area (Å²) in [6, 6.07) is 2.17. The Morgan fingerprint density at radius 1 is 1.62 bits per heavy atom. The summed E-state index contributed by atoms with van der Waals surface area (Å²) in [6.07, 6.45) is 0.512. The highest BCUT2D eigenvalue weighted by Crippen LogP contribution is 2.30. The van der Waals surface area contributed by atoms with E-state index in [1.807, 2.05) is 6.92 Å². The molecule has 1 aromatic carbocycles. The lowest BCUT2D eigenvalue weighted by Gasteiger charge is -2.29. The molecule has 16 heavy (non-hydrogen) atoms. The molecule has 0 saturated carbocycles. The molecule has 0 saturated heterocycles. The van der Waals surface area contributed by atoms with Gasteiger partial charge in [-0.05, 0) is 36.6 Å². The molecule has 3 nitrogen and oxygen atoms in total. The van der Waals surface area contributed by atoms with Gasteiger partial charge in [0.25, 0.3) is 0 Å². The molecule has 0 amide bonds. The van der Waals surface area contributed by atoms with E-state index in [1.165, 1.54) is 6.07 Å². The van der Waals surface area contributed by atoms with Crippen LogP contribution in [-0.2, 0) is 11.2 Å². The number of carboxylic acids is 1. The Labute approximate surface area is 101 Å². The second-order valence-electron chi connectivity index (χ2n) is 4.00. The van der Waals surface area contributed by atoms with Gasteiger partial charge in [-0.2, -0.15) is 0 Å². The van der Waals surface area contributed by atoms with Crippen LogP contribution < -0.4 is 5.32 Å². The van der Waals surface area contributed by atoms with Crippen LogP contribution in [0.15, 0.2) is 16.6 Å². The van der Waals surface area contributed by atoms with E-state index in [4.69, 9.17) is 5.11 Å². The highest BCUT2D eigenvalue weighted by Gasteiger charge is 2.31. The molecular weight excluding hydrogens is 277 g/mol. The molecule has 1 aromatic rings. The number of fused-ring (bicyclic) bond motifs is 1. The summed E-state index contributed by atoms with van der Waals surface area (Å²) < 4.78 is 14.3. The van der Waals surface area contributed by atoms with Gasteiger partial charge in [0, 0.05) is 10.5 Å². The Hall–Kier alpha value is -0.940. The third-order valence-corrected chi connectivity index (χ3v) is 3.17. The number of hydrogen-bond acceptors (Lipinski definition) is 2. The number of carboxylic acid groups (broad SMARTS) is 1. The van der Waals surface area contributed by atoms with Crippen LogP contribution >= 0.6 is 15.9 Å². The predicted octanol–water partition coefficient (Wildman–Crippen LogP) is 2.25. The molecule has 5 heteroatoms. The maximum atomic E-state index is 13.7. The highest BCUT2D eigenvalue weighted by molar-refractivity contribution is 9.10. The van der Waals surface area contributed by atoms with E-state index in [9.17, 15) is 9.18 Å². The summed E-state index contributed by atoms with van der Waals surface area (Å²) in [5.41, 5.74) is 1.01. The molecule has 86 valence electrons. The monoisotopic (exact) mass is 287 g/mol. The maximum Gasteiger partial charge on any atom is 0.325 e. The van der Waals surface area contributed by atoms with Gasteiger partial charge in [-0.1, -0.05) is 15.9 Å². The lowest BCUT2D eigenvalue weighted by atomic mass is 9.90. The van der Waals surface area contributed by atoms with Crippen LogP contribution in [0.2, 0.25) is 0 Å². The zero-order valence-corrected chi connectivity index (χ0v) is 10.2. The van der Waals surface area contributed by atoms with Crippen molar-refractivity contribution in [2.24, 2.45) is 0 Å². The summed E-state index contributed by atoms with van der Waals surface area (Å²) in [5, 5.41) is 12.0. The first kappa shape index (κ1) is 11.5. The average Bonchev–Trinajstić information content (AvgIpc) is 2.18. The summed E-state index contributed by atoms with van der Waals surface area (Å²) >= 11 is 3.17. The van der Waals surface area contributed by atoms with Gasteiger partial charge in [0.2, 0.25) is 0 Å². The summed E-state index contributed by atoms with van der Waals surface area (Å²) in [7, 11) is 0. The Morgan fingerprint density at radius 2 is 2.31 bits per heavy atom. The maximum absolute atomic E-state index is 13.7. The molecule has 1 aliphatic rings. The number of hydrogen-bond donors (Lipinski definition) is 2. The Balaban J connectivity index is 2.56. The number of rotatable bonds is 1. The van der Waals surface area contributed by atoms with Gasteiger partial charge in [0.05, 0.1) is 0 Å². The molecule has 2 unspecified atom stereocenters. The van der Waals surface area contributed by atoms with Crippen molar-refractivity contribution < 1.29 is 14.3 Å². The fraction of sp³-hybridized carbons (Fsp3) is 0.364. The number of nitrogens with one attached hydrogen (secondary N) is 1. The van der Waals surface area contributed by atoms with Crippen molar-refractivity contribution in [1.82, 2.24) is 5.32 Å². The molecule has 1 heterocycles. The van der Waals surface area contributed by atoms with Crippen molar-refractivity contribution in [3.8, 4) is 0 Å². The molecule has 1 aliphatic heterocycles. The van der Waals surface area contributed by atoms with E-state index in [1.54, 1.807) is 6.07 Å².